The Kier molecular flexibility index (Phi) is 4.06. The second-order valence-electron chi connectivity index (χ2n) is 5.33. The van der Waals surface area contributed by atoms with Crippen LogP contribution in [0.25, 0.3) is 0 Å². The summed E-state index contributed by atoms with van der Waals surface area (Å²) in [6.07, 6.45) is 0.0474. The van der Waals surface area contributed by atoms with Crippen molar-refractivity contribution in [2.45, 2.75) is 19.0 Å². The van der Waals surface area contributed by atoms with Crippen molar-refractivity contribution in [3.63, 3.8) is 0 Å². The highest BCUT2D eigenvalue weighted by molar-refractivity contribution is 5.97. The summed E-state index contributed by atoms with van der Waals surface area (Å²) < 4.78 is 26.6. The molecule has 1 heterocycles. The molecule has 1 fully saturated rings. The van der Waals surface area contributed by atoms with Crippen molar-refractivity contribution in [1.82, 2.24) is 10.2 Å². The molecule has 0 spiro atoms. The summed E-state index contributed by atoms with van der Waals surface area (Å²) in [4.78, 5) is 25.4. The van der Waals surface area contributed by atoms with Gasteiger partial charge < -0.3 is 5.32 Å². The van der Waals surface area contributed by atoms with E-state index in [1.54, 1.807) is 12.1 Å². The largest absolute Gasteiger partial charge is 0.330 e. The zero-order valence-corrected chi connectivity index (χ0v) is 12.1. The maximum absolute atomic E-state index is 13.7. The van der Waals surface area contributed by atoms with Gasteiger partial charge in [0.1, 0.15) is 11.6 Å². The number of nitrogens with zero attached hydrogens (tertiary/aromatic N) is 1. The van der Waals surface area contributed by atoms with Crippen molar-refractivity contribution in [2.75, 3.05) is 0 Å². The lowest BCUT2D eigenvalue weighted by molar-refractivity contribution is -0.130. The van der Waals surface area contributed by atoms with Gasteiger partial charge in [0.2, 0.25) is 5.91 Å². The molecule has 4 nitrogen and oxygen atoms in total. The van der Waals surface area contributed by atoms with Crippen LogP contribution in [-0.4, -0.2) is 16.8 Å². The van der Waals surface area contributed by atoms with Gasteiger partial charge >= 0.3 is 6.03 Å². The lowest BCUT2D eigenvalue weighted by Gasteiger charge is -2.31. The zero-order chi connectivity index (χ0) is 16.4. The SMILES string of the molecule is O=C1CC(c2ccc(F)cc2)NC(=O)N1Cc1ccccc1F. The van der Waals surface area contributed by atoms with Crippen LogP contribution in [0.1, 0.15) is 23.6 Å². The molecule has 1 N–H and O–H groups in total. The Hall–Kier alpha value is -2.76. The zero-order valence-electron chi connectivity index (χ0n) is 12.1. The van der Waals surface area contributed by atoms with E-state index in [1.807, 2.05) is 0 Å². The second-order valence-corrected chi connectivity index (χ2v) is 5.33. The van der Waals surface area contributed by atoms with Crippen LogP contribution in [0.15, 0.2) is 48.5 Å². The average molecular weight is 316 g/mol. The van der Waals surface area contributed by atoms with Crippen LogP contribution in [-0.2, 0) is 11.3 Å². The molecule has 6 heteroatoms. The maximum Gasteiger partial charge on any atom is 0.324 e. The molecule has 0 bridgehead atoms. The van der Waals surface area contributed by atoms with E-state index in [2.05, 4.69) is 5.32 Å². The Morgan fingerprint density at radius 3 is 2.39 bits per heavy atom. The van der Waals surface area contributed by atoms with Gasteiger partial charge in [0.25, 0.3) is 0 Å². The summed E-state index contributed by atoms with van der Waals surface area (Å²) in [7, 11) is 0. The molecule has 1 atom stereocenters. The van der Waals surface area contributed by atoms with Crippen LogP contribution in [0.2, 0.25) is 0 Å². The van der Waals surface area contributed by atoms with Crippen molar-refractivity contribution < 1.29 is 18.4 Å². The van der Waals surface area contributed by atoms with Gasteiger partial charge in [-0.25, -0.2) is 13.6 Å². The Labute approximate surface area is 131 Å². The van der Waals surface area contributed by atoms with Gasteiger partial charge in [0, 0.05) is 5.56 Å². The minimum atomic E-state index is -0.584. The number of urea groups is 1. The predicted molar refractivity (Wildman–Crippen MR) is 79.2 cm³/mol. The van der Waals surface area contributed by atoms with Crippen LogP contribution < -0.4 is 5.32 Å². The molecule has 2 aromatic carbocycles. The van der Waals surface area contributed by atoms with Crippen LogP contribution in [0.4, 0.5) is 13.6 Å². The molecule has 1 unspecified atom stereocenters. The fourth-order valence-corrected chi connectivity index (χ4v) is 2.53. The minimum Gasteiger partial charge on any atom is -0.330 e. The first-order chi connectivity index (χ1) is 11.0. The van der Waals surface area contributed by atoms with Gasteiger partial charge in [-0.1, -0.05) is 30.3 Å². The Morgan fingerprint density at radius 2 is 1.74 bits per heavy atom. The fraction of sp³-hybridized carbons (Fsp3) is 0.176. The number of carbonyl (C=O) groups is 2. The molecule has 3 rings (SSSR count). The van der Waals surface area contributed by atoms with E-state index in [9.17, 15) is 18.4 Å². The minimum absolute atomic E-state index is 0.0474. The summed E-state index contributed by atoms with van der Waals surface area (Å²) in [5.74, 6) is -1.25. The lowest BCUT2D eigenvalue weighted by Crippen LogP contribution is -2.50. The topological polar surface area (TPSA) is 49.4 Å². The highest BCUT2D eigenvalue weighted by Crippen LogP contribution is 2.24. The molecule has 1 aliphatic rings. The third kappa shape index (κ3) is 3.21. The first-order valence-electron chi connectivity index (χ1n) is 7.14. The number of nitrogens with one attached hydrogen (secondary N) is 1. The number of carbonyl (C=O) groups excluding carboxylic acids is 2. The standard InChI is InChI=1S/C17H14F2N2O2/c18-13-7-5-11(6-8-13)15-9-16(22)21(17(23)20-15)10-12-3-1-2-4-14(12)19/h1-8,15H,9-10H2,(H,20,23). The van der Waals surface area contributed by atoms with E-state index in [0.717, 1.165) is 4.90 Å². The van der Waals surface area contributed by atoms with Gasteiger partial charge in [-0.3, -0.25) is 9.69 Å². The lowest BCUT2D eigenvalue weighted by atomic mass is 10.0. The van der Waals surface area contributed by atoms with Gasteiger partial charge in [0.15, 0.2) is 0 Å². The van der Waals surface area contributed by atoms with Crippen LogP contribution in [0, 0.1) is 11.6 Å². The van der Waals surface area contributed by atoms with Crippen molar-refractivity contribution in [3.05, 3.63) is 71.3 Å². The number of amides is 3. The monoisotopic (exact) mass is 316 g/mol. The number of hydrogen-bond acceptors (Lipinski definition) is 2. The molecular weight excluding hydrogens is 302 g/mol. The van der Waals surface area contributed by atoms with Crippen molar-refractivity contribution >= 4 is 11.9 Å². The third-order valence-electron chi connectivity index (χ3n) is 3.78. The Morgan fingerprint density at radius 1 is 1.04 bits per heavy atom. The van der Waals surface area contributed by atoms with Gasteiger partial charge in [-0.15, -0.1) is 0 Å². The number of rotatable bonds is 3. The van der Waals surface area contributed by atoms with Crippen LogP contribution in [0.3, 0.4) is 0 Å². The van der Waals surface area contributed by atoms with E-state index in [-0.39, 0.29) is 24.3 Å². The molecule has 0 radical (unpaired) electrons. The second kappa shape index (κ2) is 6.16. The summed E-state index contributed by atoms with van der Waals surface area (Å²) in [5.41, 5.74) is 0.926. The smallest absolute Gasteiger partial charge is 0.324 e. The van der Waals surface area contributed by atoms with Crippen LogP contribution in [0.5, 0.6) is 0 Å². The molecule has 0 saturated carbocycles. The van der Waals surface area contributed by atoms with Gasteiger partial charge in [0.05, 0.1) is 19.0 Å². The van der Waals surface area contributed by atoms with Gasteiger partial charge in [-0.05, 0) is 23.8 Å². The highest BCUT2D eigenvalue weighted by Gasteiger charge is 2.33. The van der Waals surface area contributed by atoms with Crippen molar-refractivity contribution in [2.24, 2.45) is 0 Å². The molecule has 23 heavy (non-hydrogen) atoms. The molecule has 2 aromatic rings. The number of imide groups is 1. The Balaban J connectivity index is 1.75. The quantitative estimate of drug-likeness (QED) is 0.945. The molecule has 1 saturated heterocycles. The van der Waals surface area contributed by atoms with E-state index in [1.165, 1.54) is 36.4 Å². The number of benzene rings is 2. The normalized spacial score (nSPS) is 18.0. The highest BCUT2D eigenvalue weighted by atomic mass is 19.1. The molecule has 118 valence electrons. The number of hydrogen-bond donors (Lipinski definition) is 1. The molecule has 0 aliphatic carbocycles. The van der Waals surface area contributed by atoms with Crippen molar-refractivity contribution in [3.8, 4) is 0 Å². The summed E-state index contributed by atoms with van der Waals surface area (Å²) in [6, 6.07) is 10.5. The van der Waals surface area contributed by atoms with Crippen LogP contribution >= 0.6 is 0 Å². The van der Waals surface area contributed by atoms with E-state index in [4.69, 9.17) is 0 Å². The molecule has 0 aromatic heterocycles. The molecule has 3 amide bonds. The Bertz CT molecular complexity index is 729. The summed E-state index contributed by atoms with van der Waals surface area (Å²) in [6.45, 7) is -0.118. The first-order valence-corrected chi connectivity index (χ1v) is 7.14. The predicted octanol–water partition coefficient (Wildman–Crippen LogP) is 3.15. The van der Waals surface area contributed by atoms with E-state index >= 15 is 0 Å². The third-order valence-corrected chi connectivity index (χ3v) is 3.78. The maximum atomic E-state index is 13.7. The average Bonchev–Trinajstić information content (AvgIpc) is 2.53. The van der Waals surface area contributed by atoms with E-state index < -0.39 is 23.8 Å². The fourth-order valence-electron chi connectivity index (χ4n) is 2.53. The van der Waals surface area contributed by atoms with E-state index in [0.29, 0.717) is 5.56 Å². The number of halogens is 2. The molecular formula is C17H14F2N2O2. The summed E-state index contributed by atoms with van der Waals surface area (Å²) in [5, 5.41) is 2.69. The van der Waals surface area contributed by atoms with Crippen molar-refractivity contribution in [1.29, 1.82) is 0 Å². The first kappa shape index (κ1) is 15.1. The summed E-state index contributed by atoms with van der Waals surface area (Å²) >= 11 is 0. The van der Waals surface area contributed by atoms with Gasteiger partial charge in [-0.2, -0.15) is 0 Å². The molecule has 1 aliphatic heterocycles.